The van der Waals surface area contributed by atoms with Gasteiger partial charge in [0.2, 0.25) is 0 Å². The fraction of sp³-hybridized carbons (Fsp3) is 0.235. The predicted octanol–water partition coefficient (Wildman–Crippen LogP) is 0.918. The fourth-order valence-electron chi connectivity index (χ4n) is 2.64. The van der Waals surface area contributed by atoms with Crippen molar-refractivity contribution in [3.05, 3.63) is 71.2 Å². The van der Waals surface area contributed by atoms with Gasteiger partial charge in [0, 0.05) is 37.8 Å². The number of amides is 2. The van der Waals surface area contributed by atoms with E-state index in [9.17, 15) is 14.8 Å². The van der Waals surface area contributed by atoms with E-state index in [1.165, 1.54) is 12.4 Å². The second-order valence-corrected chi connectivity index (χ2v) is 5.40. The Morgan fingerprint density at radius 1 is 0.826 bits per heavy atom. The first-order valence-corrected chi connectivity index (χ1v) is 7.47. The molecular weight excluding hydrogens is 294 g/mol. The molecule has 118 valence electrons. The van der Waals surface area contributed by atoms with Crippen LogP contribution in [0.4, 0.5) is 0 Å². The van der Waals surface area contributed by atoms with Crippen LogP contribution in [0.1, 0.15) is 20.7 Å². The summed E-state index contributed by atoms with van der Waals surface area (Å²) in [5.41, 5.74) is 1.02. The third-order valence-corrected chi connectivity index (χ3v) is 3.90. The Morgan fingerprint density at radius 3 is 1.91 bits per heavy atom. The largest absolute Gasteiger partial charge is 0.619 e. The molecule has 0 saturated carbocycles. The van der Waals surface area contributed by atoms with Gasteiger partial charge in [0.1, 0.15) is 5.56 Å². The zero-order chi connectivity index (χ0) is 16.2. The van der Waals surface area contributed by atoms with Gasteiger partial charge in [0.15, 0.2) is 12.4 Å². The van der Waals surface area contributed by atoms with Crippen LogP contribution in [0.15, 0.2) is 54.9 Å². The number of hydrogen-bond donors (Lipinski definition) is 0. The Balaban J connectivity index is 1.62. The number of carbonyl (C=O) groups excluding carboxylic acids is 2. The van der Waals surface area contributed by atoms with Crippen LogP contribution in [0.25, 0.3) is 0 Å². The lowest BCUT2D eigenvalue weighted by molar-refractivity contribution is -0.605. The van der Waals surface area contributed by atoms with Crippen molar-refractivity contribution in [1.29, 1.82) is 0 Å². The maximum Gasteiger partial charge on any atom is 0.260 e. The van der Waals surface area contributed by atoms with Gasteiger partial charge in [-0.2, -0.15) is 4.73 Å². The second kappa shape index (κ2) is 6.48. The maximum atomic E-state index is 12.4. The summed E-state index contributed by atoms with van der Waals surface area (Å²) in [4.78, 5) is 28.2. The monoisotopic (exact) mass is 311 g/mol. The summed E-state index contributed by atoms with van der Waals surface area (Å²) in [7, 11) is 0. The average molecular weight is 311 g/mol. The summed E-state index contributed by atoms with van der Waals surface area (Å²) >= 11 is 0. The molecule has 0 bridgehead atoms. The normalized spacial score (nSPS) is 14.6. The minimum absolute atomic E-state index is 0.0187. The number of benzene rings is 1. The number of piperazine rings is 1. The standard InChI is InChI=1S/C17H17N3O3/c21-16(14-5-2-1-3-6-14)18-9-11-19(12-10-18)17(22)15-7-4-8-20(23)13-15/h1-8,13H,9-12H2. The van der Waals surface area contributed by atoms with Gasteiger partial charge in [-0.25, -0.2) is 0 Å². The summed E-state index contributed by atoms with van der Waals surface area (Å²) in [5, 5.41) is 11.3. The predicted molar refractivity (Wildman–Crippen MR) is 83.7 cm³/mol. The molecule has 0 atom stereocenters. The molecule has 6 heteroatoms. The smallest absolute Gasteiger partial charge is 0.260 e. The summed E-state index contributed by atoms with van der Waals surface area (Å²) in [6, 6.07) is 12.3. The molecule has 0 radical (unpaired) electrons. The molecule has 1 aromatic carbocycles. The van der Waals surface area contributed by atoms with Crippen LogP contribution >= 0.6 is 0 Å². The van der Waals surface area contributed by atoms with Crippen molar-refractivity contribution < 1.29 is 14.3 Å². The highest BCUT2D eigenvalue weighted by Crippen LogP contribution is 2.11. The van der Waals surface area contributed by atoms with Gasteiger partial charge >= 0.3 is 0 Å². The van der Waals surface area contributed by atoms with E-state index in [1.54, 1.807) is 34.1 Å². The lowest BCUT2D eigenvalue weighted by Gasteiger charge is -2.34. The molecule has 6 nitrogen and oxygen atoms in total. The van der Waals surface area contributed by atoms with Crippen LogP contribution in [0.3, 0.4) is 0 Å². The molecule has 23 heavy (non-hydrogen) atoms. The highest BCUT2D eigenvalue weighted by atomic mass is 16.5. The number of carbonyl (C=O) groups is 2. The Kier molecular flexibility index (Phi) is 4.23. The number of nitrogens with zero attached hydrogens (tertiary/aromatic N) is 3. The minimum Gasteiger partial charge on any atom is -0.619 e. The summed E-state index contributed by atoms with van der Waals surface area (Å²) in [6.45, 7) is 1.91. The van der Waals surface area contributed by atoms with Crippen LogP contribution in [-0.2, 0) is 0 Å². The van der Waals surface area contributed by atoms with Crippen LogP contribution in [0, 0.1) is 5.21 Å². The molecule has 1 saturated heterocycles. The molecule has 0 spiro atoms. The molecule has 3 rings (SSSR count). The van der Waals surface area contributed by atoms with E-state index < -0.39 is 0 Å². The molecule has 1 aliphatic heterocycles. The quantitative estimate of drug-likeness (QED) is 0.612. The SMILES string of the molecule is O=C(c1ccccc1)N1CCN(C(=O)c2ccc[n+]([O-])c2)CC1. The van der Waals surface area contributed by atoms with Crippen LogP contribution < -0.4 is 4.73 Å². The van der Waals surface area contributed by atoms with E-state index in [-0.39, 0.29) is 11.8 Å². The van der Waals surface area contributed by atoms with Gasteiger partial charge in [-0.15, -0.1) is 0 Å². The van der Waals surface area contributed by atoms with Crippen LogP contribution in [-0.4, -0.2) is 47.8 Å². The van der Waals surface area contributed by atoms with E-state index in [0.29, 0.717) is 42.0 Å². The summed E-state index contributed by atoms with van der Waals surface area (Å²) in [6.07, 6.45) is 2.61. The van der Waals surface area contributed by atoms with Gasteiger partial charge in [0.05, 0.1) is 0 Å². The van der Waals surface area contributed by atoms with Crippen molar-refractivity contribution in [3.63, 3.8) is 0 Å². The Morgan fingerprint density at radius 2 is 1.35 bits per heavy atom. The van der Waals surface area contributed by atoms with E-state index in [4.69, 9.17) is 0 Å². The second-order valence-electron chi connectivity index (χ2n) is 5.40. The fourth-order valence-corrected chi connectivity index (χ4v) is 2.64. The van der Waals surface area contributed by atoms with Gasteiger partial charge in [-0.1, -0.05) is 18.2 Å². The highest BCUT2D eigenvalue weighted by molar-refractivity contribution is 5.95. The van der Waals surface area contributed by atoms with E-state index >= 15 is 0 Å². The van der Waals surface area contributed by atoms with Crippen molar-refractivity contribution >= 4 is 11.8 Å². The molecule has 2 heterocycles. The van der Waals surface area contributed by atoms with E-state index in [0.717, 1.165) is 0 Å². The van der Waals surface area contributed by atoms with Crippen LogP contribution in [0.2, 0.25) is 0 Å². The van der Waals surface area contributed by atoms with E-state index in [2.05, 4.69) is 0 Å². The number of aromatic nitrogens is 1. The molecule has 0 unspecified atom stereocenters. The number of pyridine rings is 1. The first kappa shape index (κ1) is 15.0. The first-order valence-electron chi connectivity index (χ1n) is 7.47. The molecule has 1 fully saturated rings. The average Bonchev–Trinajstić information content (AvgIpc) is 2.61. The zero-order valence-corrected chi connectivity index (χ0v) is 12.6. The Hall–Kier alpha value is -2.89. The summed E-state index contributed by atoms with van der Waals surface area (Å²) < 4.78 is 0.614. The lowest BCUT2D eigenvalue weighted by atomic mass is 10.1. The number of hydrogen-bond acceptors (Lipinski definition) is 3. The maximum absolute atomic E-state index is 12.4. The molecule has 0 N–H and O–H groups in total. The molecular formula is C17H17N3O3. The molecule has 2 aromatic rings. The molecule has 2 amide bonds. The minimum atomic E-state index is -0.179. The van der Waals surface area contributed by atoms with Crippen LogP contribution in [0.5, 0.6) is 0 Å². The van der Waals surface area contributed by atoms with Crippen molar-refractivity contribution in [2.24, 2.45) is 0 Å². The third-order valence-electron chi connectivity index (χ3n) is 3.90. The van der Waals surface area contributed by atoms with Crippen molar-refractivity contribution in [2.45, 2.75) is 0 Å². The first-order chi connectivity index (χ1) is 11.1. The van der Waals surface area contributed by atoms with Gasteiger partial charge in [-0.05, 0) is 18.2 Å². The Labute approximate surface area is 134 Å². The molecule has 0 aliphatic carbocycles. The van der Waals surface area contributed by atoms with Crippen molar-refractivity contribution in [1.82, 2.24) is 9.80 Å². The van der Waals surface area contributed by atoms with Gasteiger partial charge in [-0.3, -0.25) is 9.59 Å². The van der Waals surface area contributed by atoms with Gasteiger partial charge in [0.25, 0.3) is 11.8 Å². The zero-order valence-electron chi connectivity index (χ0n) is 12.6. The summed E-state index contributed by atoms with van der Waals surface area (Å²) in [5.74, 6) is -0.197. The third kappa shape index (κ3) is 3.31. The Bertz CT molecular complexity index is 710. The van der Waals surface area contributed by atoms with Crippen molar-refractivity contribution in [2.75, 3.05) is 26.2 Å². The highest BCUT2D eigenvalue weighted by Gasteiger charge is 2.26. The van der Waals surface area contributed by atoms with Gasteiger partial charge < -0.3 is 15.0 Å². The molecule has 1 aliphatic rings. The molecule has 1 aromatic heterocycles. The topological polar surface area (TPSA) is 67.6 Å². The van der Waals surface area contributed by atoms with E-state index in [1.807, 2.05) is 18.2 Å². The number of rotatable bonds is 2. The lowest BCUT2D eigenvalue weighted by Crippen LogP contribution is -2.50. The van der Waals surface area contributed by atoms with Crippen molar-refractivity contribution in [3.8, 4) is 0 Å².